The Morgan fingerprint density at radius 2 is 1.19 bits per heavy atom. The van der Waals surface area contributed by atoms with Gasteiger partial charge in [-0.15, -0.1) is 10.2 Å². The molecule has 4 amide bonds. The van der Waals surface area contributed by atoms with Gasteiger partial charge in [0.05, 0.1) is 37.0 Å². The lowest BCUT2D eigenvalue weighted by Gasteiger charge is -2.14. The van der Waals surface area contributed by atoms with E-state index in [2.05, 4.69) is 57.9 Å². The lowest BCUT2D eigenvalue weighted by atomic mass is 9.96. The van der Waals surface area contributed by atoms with E-state index in [4.69, 9.17) is 14.7 Å². The minimum absolute atomic E-state index is 0.314. The van der Waals surface area contributed by atoms with E-state index in [0.717, 1.165) is 11.1 Å². The fourth-order valence-electron chi connectivity index (χ4n) is 6.48. The van der Waals surface area contributed by atoms with Gasteiger partial charge in [0.2, 0.25) is 5.82 Å². The van der Waals surface area contributed by atoms with Crippen LogP contribution in [0.1, 0.15) is 41.7 Å². The Kier molecular flexibility index (Phi) is 15.0. The van der Waals surface area contributed by atoms with Crippen molar-refractivity contribution in [2.75, 3.05) is 37.9 Å². The maximum absolute atomic E-state index is 15.7. The summed E-state index contributed by atoms with van der Waals surface area (Å²) in [5.74, 6) is 1.26. The summed E-state index contributed by atoms with van der Waals surface area (Å²) in [6.45, 7) is 4.68. The number of anilines is 2. The van der Waals surface area contributed by atoms with Gasteiger partial charge in [0.1, 0.15) is 34.8 Å². The first-order valence-electron chi connectivity index (χ1n) is 19.7. The number of nitrogens with one attached hydrogen (secondary N) is 5. The van der Waals surface area contributed by atoms with Crippen LogP contribution in [0.3, 0.4) is 0 Å². The van der Waals surface area contributed by atoms with Crippen molar-refractivity contribution in [1.29, 1.82) is 5.26 Å². The molecule has 3 aromatic heterocycles. The molecule has 7 aromatic rings. The van der Waals surface area contributed by atoms with Gasteiger partial charge in [0.25, 0.3) is 0 Å². The van der Waals surface area contributed by atoms with E-state index in [1.54, 1.807) is 103 Å². The molecular formula is C46H43F2N11O4. The predicted octanol–water partition coefficient (Wildman–Crippen LogP) is 8.31. The number of aromatic amines is 1. The molecule has 0 aliphatic heterocycles. The molecular weight excluding hydrogens is 809 g/mol. The molecule has 320 valence electrons. The predicted molar refractivity (Wildman–Crippen MR) is 234 cm³/mol. The number of nitrogens with zero attached hydrogens (tertiary/aromatic N) is 6. The summed E-state index contributed by atoms with van der Waals surface area (Å²) in [4.78, 5) is 31.6. The SMILES string of the molecule is CCNC(=O)Nc1ccc(Cc2ccc(OC)c(-c3cccc(-c4nn[nH]n4)c3)c2F)cn1.CCNC(=O)Nc1ccc(Cc2ccc(OC)c(-c3cccc(C#N)c3)c2F)cn1. The number of ether oxygens (including phenoxy) is 2. The third-order valence-corrected chi connectivity index (χ3v) is 9.44. The van der Waals surface area contributed by atoms with E-state index in [9.17, 15) is 9.59 Å². The first kappa shape index (κ1) is 44.3. The van der Waals surface area contributed by atoms with Gasteiger partial charge in [-0.25, -0.2) is 28.3 Å². The first-order chi connectivity index (χ1) is 30.6. The summed E-state index contributed by atoms with van der Waals surface area (Å²) in [5.41, 5.74) is 5.56. The molecule has 0 spiro atoms. The number of tetrazole rings is 1. The molecule has 7 rings (SSSR count). The third-order valence-electron chi connectivity index (χ3n) is 9.44. The normalized spacial score (nSPS) is 10.4. The van der Waals surface area contributed by atoms with Crippen LogP contribution in [-0.4, -0.2) is 70.0 Å². The number of hydrogen-bond acceptors (Lipinski definition) is 10. The molecule has 0 aliphatic rings. The zero-order chi connectivity index (χ0) is 44.7. The molecule has 0 saturated heterocycles. The largest absolute Gasteiger partial charge is 0.496 e. The van der Waals surface area contributed by atoms with Gasteiger partial charge >= 0.3 is 12.1 Å². The standard InChI is InChI=1S/C23H22FN7O2.C23H21FN4O2/c1-3-25-23(32)27-19-10-7-14(13-26-19)11-16-8-9-18(33-2)20(21(16)24)15-5-4-6-17(12-15)22-28-30-31-29-22;1-3-26-23(29)28-20-10-7-16(14-27-20)12-18-8-9-19(30-2)21(22(18)24)17-6-4-5-15(11-17)13-25/h4-10,12-13H,3,11H2,1-2H3,(H2,25,26,27,32)(H,28,29,30,31);4-11,14H,3,12H2,1-2H3,(H2,26,27,28,29). The molecule has 4 aromatic carbocycles. The van der Waals surface area contributed by atoms with Crippen molar-refractivity contribution in [2.24, 2.45) is 0 Å². The Hall–Kier alpha value is -8.26. The average Bonchev–Trinajstić information content (AvgIpc) is 3.85. The van der Waals surface area contributed by atoms with E-state index < -0.39 is 5.82 Å². The number of H-pyrrole nitrogens is 1. The van der Waals surface area contributed by atoms with Crippen molar-refractivity contribution in [2.45, 2.75) is 26.7 Å². The van der Waals surface area contributed by atoms with E-state index in [1.807, 2.05) is 19.9 Å². The number of hydrogen-bond donors (Lipinski definition) is 5. The smallest absolute Gasteiger partial charge is 0.320 e. The van der Waals surface area contributed by atoms with E-state index >= 15 is 8.78 Å². The van der Waals surface area contributed by atoms with E-state index in [1.165, 1.54) is 14.2 Å². The van der Waals surface area contributed by atoms with Crippen LogP contribution in [0.5, 0.6) is 11.5 Å². The van der Waals surface area contributed by atoms with Gasteiger partial charge in [-0.3, -0.25) is 10.6 Å². The zero-order valence-corrected chi connectivity index (χ0v) is 34.8. The Morgan fingerprint density at radius 1 is 0.683 bits per heavy atom. The van der Waals surface area contributed by atoms with Crippen LogP contribution in [-0.2, 0) is 12.8 Å². The number of nitriles is 1. The van der Waals surface area contributed by atoms with Crippen molar-refractivity contribution < 1.29 is 27.8 Å². The Labute approximate surface area is 361 Å². The van der Waals surface area contributed by atoms with Gasteiger partial charge < -0.3 is 20.1 Å². The number of rotatable bonds is 13. The van der Waals surface area contributed by atoms with Gasteiger partial charge in [0.15, 0.2) is 0 Å². The molecule has 0 radical (unpaired) electrons. The topological polar surface area (TPSA) is 205 Å². The number of carbonyl (C=O) groups is 2. The number of aromatic nitrogens is 6. The minimum Gasteiger partial charge on any atom is -0.496 e. The van der Waals surface area contributed by atoms with E-state index in [0.29, 0.717) is 99.4 Å². The summed E-state index contributed by atoms with van der Waals surface area (Å²) in [6, 6.07) is 29.2. The molecule has 0 atom stereocenters. The van der Waals surface area contributed by atoms with Crippen LogP contribution in [0, 0.1) is 23.0 Å². The summed E-state index contributed by atoms with van der Waals surface area (Å²) in [5, 5.41) is 33.6. The van der Waals surface area contributed by atoms with Crippen LogP contribution < -0.4 is 30.7 Å². The van der Waals surface area contributed by atoms with Crippen LogP contribution in [0.25, 0.3) is 33.6 Å². The quantitative estimate of drug-likeness (QED) is 0.0750. The highest BCUT2D eigenvalue weighted by atomic mass is 19.1. The van der Waals surface area contributed by atoms with Crippen molar-refractivity contribution in [1.82, 2.24) is 41.2 Å². The third kappa shape index (κ3) is 11.3. The maximum Gasteiger partial charge on any atom is 0.320 e. The fraction of sp³-hybridized carbons (Fsp3) is 0.174. The zero-order valence-electron chi connectivity index (χ0n) is 34.8. The van der Waals surface area contributed by atoms with Crippen molar-refractivity contribution in [3.05, 3.63) is 149 Å². The summed E-state index contributed by atoms with van der Waals surface area (Å²) >= 11 is 0. The summed E-state index contributed by atoms with van der Waals surface area (Å²) in [6.07, 6.45) is 3.85. The molecule has 5 N–H and O–H groups in total. The maximum atomic E-state index is 15.7. The highest BCUT2D eigenvalue weighted by Gasteiger charge is 2.19. The van der Waals surface area contributed by atoms with Crippen molar-refractivity contribution in [3.8, 4) is 51.2 Å². The lowest BCUT2D eigenvalue weighted by molar-refractivity contribution is 0.251. The first-order valence-corrected chi connectivity index (χ1v) is 19.7. The Balaban J connectivity index is 0.000000211. The van der Waals surface area contributed by atoms with Gasteiger partial charge in [-0.2, -0.15) is 10.5 Å². The highest BCUT2D eigenvalue weighted by molar-refractivity contribution is 5.88. The second-order valence-electron chi connectivity index (χ2n) is 13.7. The second-order valence-corrected chi connectivity index (χ2v) is 13.7. The average molecular weight is 852 g/mol. The minimum atomic E-state index is -0.408. The number of pyridine rings is 2. The van der Waals surface area contributed by atoms with E-state index in [-0.39, 0.29) is 17.9 Å². The number of methoxy groups -OCH3 is 2. The molecule has 3 heterocycles. The monoisotopic (exact) mass is 851 g/mol. The van der Waals surface area contributed by atoms with Crippen LogP contribution in [0.4, 0.5) is 30.0 Å². The van der Waals surface area contributed by atoms with Crippen molar-refractivity contribution >= 4 is 23.7 Å². The number of benzene rings is 4. The van der Waals surface area contributed by atoms with Gasteiger partial charge in [-0.1, -0.05) is 54.6 Å². The van der Waals surface area contributed by atoms with Crippen LogP contribution >= 0.6 is 0 Å². The van der Waals surface area contributed by atoms with Gasteiger partial charge in [0, 0.05) is 43.9 Å². The summed E-state index contributed by atoms with van der Waals surface area (Å²) in [7, 11) is 2.99. The molecule has 0 bridgehead atoms. The second kappa shape index (κ2) is 21.3. The number of carbonyl (C=O) groups excluding carboxylic acids is 2. The van der Waals surface area contributed by atoms with Crippen molar-refractivity contribution in [3.63, 3.8) is 0 Å². The summed E-state index contributed by atoms with van der Waals surface area (Å²) < 4.78 is 41.9. The number of halogens is 2. The molecule has 0 fully saturated rings. The number of urea groups is 2. The Bertz CT molecular complexity index is 2710. The molecule has 63 heavy (non-hydrogen) atoms. The molecule has 15 nitrogen and oxygen atoms in total. The van der Waals surface area contributed by atoms with Crippen LogP contribution in [0.15, 0.2) is 109 Å². The fourth-order valence-corrected chi connectivity index (χ4v) is 6.48. The lowest BCUT2D eigenvalue weighted by Crippen LogP contribution is -2.28. The highest BCUT2D eigenvalue weighted by Crippen LogP contribution is 2.37. The van der Waals surface area contributed by atoms with Gasteiger partial charge in [-0.05, 0) is 94.9 Å². The molecule has 17 heteroatoms. The van der Waals surface area contributed by atoms with Crippen LogP contribution in [0.2, 0.25) is 0 Å². The Morgan fingerprint density at radius 3 is 1.63 bits per heavy atom. The molecule has 0 saturated carbocycles. The molecule has 0 aliphatic carbocycles. The number of amides is 4. The molecule has 0 unspecified atom stereocenters.